The van der Waals surface area contributed by atoms with E-state index in [0.29, 0.717) is 17.7 Å². The molecule has 116 valence electrons. The molecule has 1 aliphatic carbocycles. The average Bonchev–Trinajstić information content (AvgIpc) is 3.09. The van der Waals surface area contributed by atoms with Crippen molar-refractivity contribution in [3.05, 3.63) is 16.1 Å². The quantitative estimate of drug-likeness (QED) is 0.852. The molecule has 0 radical (unpaired) electrons. The third-order valence-corrected chi connectivity index (χ3v) is 5.72. The Morgan fingerprint density at radius 2 is 2.14 bits per heavy atom. The molecule has 1 aromatic heterocycles. The monoisotopic (exact) mass is 306 g/mol. The number of hydrogen-bond donors (Lipinski definition) is 0. The number of thiazole rings is 1. The van der Waals surface area contributed by atoms with Crippen molar-refractivity contribution in [2.45, 2.75) is 70.9 Å². The van der Waals surface area contributed by atoms with Crippen LogP contribution in [0.4, 0.5) is 0 Å². The molecule has 2 atom stereocenters. The first-order chi connectivity index (χ1) is 9.95. The highest BCUT2D eigenvalue weighted by Gasteiger charge is 2.38. The molecular formula is C17H26N2OS. The van der Waals surface area contributed by atoms with Gasteiger partial charge >= 0.3 is 0 Å². The van der Waals surface area contributed by atoms with E-state index in [4.69, 9.17) is 4.98 Å². The molecule has 0 N–H and O–H groups in total. The number of hydrogen-bond acceptors (Lipinski definition) is 4. The summed E-state index contributed by atoms with van der Waals surface area (Å²) in [5.74, 6) is 0.802. The molecule has 3 rings (SSSR count). The molecule has 21 heavy (non-hydrogen) atoms. The Bertz CT molecular complexity index is 517. The first-order valence-electron chi connectivity index (χ1n) is 8.17. The molecule has 1 saturated carbocycles. The van der Waals surface area contributed by atoms with E-state index in [2.05, 4.69) is 31.1 Å². The van der Waals surface area contributed by atoms with Gasteiger partial charge in [-0.1, -0.05) is 20.8 Å². The summed E-state index contributed by atoms with van der Waals surface area (Å²) >= 11 is 1.77. The summed E-state index contributed by atoms with van der Waals surface area (Å²) in [7, 11) is 0. The Morgan fingerprint density at radius 3 is 2.76 bits per heavy atom. The van der Waals surface area contributed by atoms with Gasteiger partial charge in [0.2, 0.25) is 0 Å². The van der Waals surface area contributed by atoms with Crippen molar-refractivity contribution in [1.82, 2.24) is 9.88 Å². The van der Waals surface area contributed by atoms with Crippen molar-refractivity contribution >= 4 is 17.1 Å². The van der Waals surface area contributed by atoms with Gasteiger partial charge in [-0.15, -0.1) is 11.3 Å². The van der Waals surface area contributed by atoms with Crippen molar-refractivity contribution in [3.8, 4) is 0 Å². The van der Waals surface area contributed by atoms with Crippen molar-refractivity contribution < 1.29 is 4.79 Å². The fraction of sp³-hybridized carbons (Fsp3) is 0.765. The van der Waals surface area contributed by atoms with Crippen LogP contribution in [0.5, 0.6) is 0 Å². The molecule has 1 saturated heterocycles. The predicted octanol–water partition coefficient (Wildman–Crippen LogP) is 3.77. The lowest BCUT2D eigenvalue weighted by Crippen LogP contribution is -2.37. The van der Waals surface area contributed by atoms with Crippen LogP contribution in [0.1, 0.15) is 63.6 Å². The van der Waals surface area contributed by atoms with Crippen LogP contribution < -0.4 is 0 Å². The number of aromatic nitrogens is 1. The van der Waals surface area contributed by atoms with Crippen molar-refractivity contribution in [3.63, 3.8) is 0 Å². The minimum absolute atomic E-state index is 0.126. The summed E-state index contributed by atoms with van der Waals surface area (Å²) in [6.07, 6.45) is 5.42. The zero-order valence-electron chi connectivity index (χ0n) is 13.4. The van der Waals surface area contributed by atoms with E-state index in [9.17, 15) is 4.79 Å². The number of ketones is 1. The Balaban J connectivity index is 1.69. The molecule has 3 nitrogen and oxygen atoms in total. The highest BCUT2D eigenvalue weighted by Crippen LogP contribution is 2.34. The second-order valence-corrected chi connectivity index (χ2v) is 8.46. The van der Waals surface area contributed by atoms with Gasteiger partial charge in [0, 0.05) is 29.2 Å². The van der Waals surface area contributed by atoms with Crippen molar-refractivity contribution in [2.75, 3.05) is 6.54 Å². The molecule has 2 aliphatic rings. The van der Waals surface area contributed by atoms with Crippen LogP contribution >= 0.6 is 11.3 Å². The van der Waals surface area contributed by atoms with Crippen molar-refractivity contribution in [1.29, 1.82) is 0 Å². The molecule has 4 heteroatoms. The molecule has 2 unspecified atom stereocenters. The van der Waals surface area contributed by atoms with Crippen LogP contribution in [0, 0.1) is 5.92 Å². The summed E-state index contributed by atoms with van der Waals surface area (Å²) in [5.41, 5.74) is 1.32. The number of rotatable bonds is 3. The Morgan fingerprint density at radius 1 is 1.33 bits per heavy atom. The SMILES string of the molecule is CC(C)(C)c1csc(CN2CCCC2C2CCCC2=O)n1. The summed E-state index contributed by atoms with van der Waals surface area (Å²) < 4.78 is 0. The van der Waals surface area contributed by atoms with Gasteiger partial charge in [0.25, 0.3) is 0 Å². The first kappa shape index (κ1) is 15.2. The zero-order valence-corrected chi connectivity index (χ0v) is 14.2. The lowest BCUT2D eigenvalue weighted by molar-refractivity contribution is -0.122. The minimum Gasteiger partial charge on any atom is -0.299 e. The van der Waals surface area contributed by atoms with Crippen LogP contribution in [0.25, 0.3) is 0 Å². The van der Waals surface area contributed by atoms with E-state index in [-0.39, 0.29) is 5.41 Å². The van der Waals surface area contributed by atoms with E-state index in [1.54, 1.807) is 11.3 Å². The lowest BCUT2D eigenvalue weighted by Gasteiger charge is -2.27. The third-order valence-electron chi connectivity index (χ3n) is 4.89. The highest BCUT2D eigenvalue weighted by molar-refractivity contribution is 7.09. The third kappa shape index (κ3) is 3.21. The average molecular weight is 306 g/mol. The van der Waals surface area contributed by atoms with Gasteiger partial charge in [0.1, 0.15) is 10.8 Å². The summed E-state index contributed by atoms with van der Waals surface area (Å²) in [4.78, 5) is 19.4. The van der Waals surface area contributed by atoms with Gasteiger partial charge in [-0.05, 0) is 32.2 Å². The highest BCUT2D eigenvalue weighted by atomic mass is 32.1. The Hall–Kier alpha value is -0.740. The fourth-order valence-corrected chi connectivity index (χ4v) is 4.70. The van der Waals surface area contributed by atoms with Crippen LogP contribution in [0.3, 0.4) is 0 Å². The Labute approximate surface area is 131 Å². The van der Waals surface area contributed by atoms with Crippen LogP contribution in [0.2, 0.25) is 0 Å². The molecule has 2 fully saturated rings. The van der Waals surface area contributed by atoms with Crippen LogP contribution in [0.15, 0.2) is 5.38 Å². The summed E-state index contributed by atoms with van der Waals surface area (Å²) in [6.45, 7) is 8.68. The normalized spacial score (nSPS) is 27.7. The molecule has 2 heterocycles. The summed E-state index contributed by atoms with van der Waals surface area (Å²) in [5, 5.41) is 3.40. The molecule has 0 bridgehead atoms. The van der Waals surface area contributed by atoms with Gasteiger partial charge in [0.05, 0.1) is 12.2 Å². The minimum atomic E-state index is 0.126. The van der Waals surface area contributed by atoms with Gasteiger partial charge in [0.15, 0.2) is 0 Å². The predicted molar refractivity (Wildman–Crippen MR) is 86.6 cm³/mol. The number of likely N-dealkylation sites (tertiary alicyclic amines) is 1. The number of nitrogens with zero attached hydrogens (tertiary/aromatic N) is 2. The molecule has 0 amide bonds. The standard InChI is InChI=1S/C17H26N2OS/c1-17(2,3)15-11-21-16(18-15)10-19-9-5-7-13(19)12-6-4-8-14(12)20/h11-13H,4-10H2,1-3H3. The summed E-state index contributed by atoms with van der Waals surface area (Å²) in [6, 6.07) is 0.474. The molecule has 1 aliphatic heterocycles. The van der Waals surface area contributed by atoms with E-state index in [0.717, 1.165) is 32.4 Å². The van der Waals surface area contributed by atoms with Crippen LogP contribution in [-0.4, -0.2) is 28.3 Å². The largest absolute Gasteiger partial charge is 0.299 e. The number of carbonyl (C=O) groups is 1. The maximum absolute atomic E-state index is 12.1. The second-order valence-electron chi connectivity index (χ2n) is 7.52. The van der Waals surface area contributed by atoms with E-state index >= 15 is 0 Å². The van der Waals surface area contributed by atoms with Gasteiger partial charge in [-0.3, -0.25) is 9.69 Å². The molecular weight excluding hydrogens is 280 g/mol. The zero-order chi connectivity index (χ0) is 15.0. The maximum atomic E-state index is 12.1. The van der Waals surface area contributed by atoms with Gasteiger partial charge in [-0.2, -0.15) is 0 Å². The van der Waals surface area contributed by atoms with Crippen molar-refractivity contribution in [2.24, 2.45) is 5.92 Å². The maximum Gasteiger partial charge on any atom is 0.137 e. The molecule has 1 aromatic rings. The van der Waals surface area contributed by atoms with Gasteiger partial charge in [-0.25, -0.2) is 4.98 Å². The Kier molecular flexibility index (Phi) is 4.19. The lowest BCUT2D eigenvalue weighted by atomic mass is 9.93. The van der Waals surface area contributed by atoms with Crippen LogP contribution in [-0.2, 0) is 16.8 Å². The second kappa shape index (κ2) is 5.81. The topological polar surface area (TPSA) is 33.2 Å². The number of Topliss-reactive ketones (excluding diaryl/α,β-unsaturated/α-hetero) is 1. The van der Waals surface area contributed by atoms with Gasteiger partial charge < -0.3 is 0 Å². The molecule has 0 aromatic carbocycles. The smallest absolute Gasteiger partial charge is 0.137 e. The molecule has 0 spiro atoms. The van der Waals surface area contributed by atoms with E-state index < -0.39 is 0 Å². The van der Waals surface area contributed by atoms with E-state index in [1.807, 2.05) is 0 Å². The number of carbonyl (C=O) groups excluding carboxylic acids is 1. The van der Waals surface area contributed by atoms with E-state index in [1.165, 1.54) is 23.5 Å². The first-order valence-corrected chi connectivity index (χ1v) is 9.05. The fourth-order valence-electron chi connectivity index (χ4n) is 3.66.